The molecule has 0 aliphatic rings. The minimum Gasteiger partial charge on any atom is -0.120 e. The van der Waals surface area contributed by atoms with Gasteiger partial charge < -0.3 is 0 Å². The Morgan fingerprint density at radius 1 is 1.44 bits per heavy atom. The maximum Gasteiger partial charge on any atom is 0.00859 e. The smallest absolute Gasteiger partial charge is 0.00859 e. The van der Waals surface area contributed by atoms with E-state index in [1.165, 1.54) is 12.8 Å². The van der Waals surface area contributed by atoms with Crippen LogP contribution in [0.3, 0.4) is 0 Å². The van der Waals surface area contributed by atoms with Crippen LogP contribution >= 0.6 is 0 Å². The van der Waals surface area contributed by atoms with Gasteiger partial charge in [-0.25, -0.2) is 0 Å². The van der Waals surface area contributed by atoms with Crippen LogP contribution in [0.25, 0.3) is 0 Å². The number of rotatable bonds is 2. The van der Waals surface area contributed by atoms with Gasteiger partial charge in [0.2, 0.25) is 0 Å². The summed E-state index contributed by atoms with van der Waals surface area (Å²) in [4.78, 5) is 0. The summed E-state index contributed by atoms with van der Waals surface area (Å²) in [5.74, 6) is 2.57. The Labute approximate surface area is 60.0 Å². The molecule has 0 saturated heterocycles. The van der Waals surface area contributed by atoms with Crippen molar-refractivity contribution in [2.45, 2.75) is 33.6 Å². The molecule has 0 aromatic rings. The molecule has 0 aliphatic heterocycles. The summed E-state index contributed by atoms with van der Waals surface area (Å²) in [6.45, 7) is 8.14. The molecule has 0 N–H and O–H groups in total. The van der Waals surface area contributed by atoms with Crippen LogP contribution in [0.15, 0.2) is 13.2 Å². The van der Waals surface area contributed by atoms with Crippen molar-refractivity contribution < 1.29 is 0 Å². The molecule has 0 bridgehead atoms. The molecule has 0 atom stereocenters. The highest BCUT2D eigenvalue weighted by molar-refractivity contribution is 4.82. The van der Waals surface area contributed by atoms with Crippen molar-refractivity contribution in [2.75, 3.05) is 0 Å². The molecule has 0 nitrogen and oxygen atoms in total. The fourth-order valence-corrected chi connectivity index (χ4v) is 0.279. The van der Waals surface area contributed by atoms with Crippen molar-refractivity contribution in [3.05, 3.63) is 13.2 Å². The second kappa shape index (κ2) is 26.6. The number of unbranched alkanes of at least 4 members (excludes halogenated alkanes) is 2. The summed E-state index contributed by atoms with van der Waals surface area (Å²) in [5.41, 5.74) is 0. The second-order valence-corrected chi connectivity index (χ2v) is 1.31. The van der Waals surface area contributed by atoms with Crippen molar-refractivity contribution in [2.24, 2.45) is 0 Å². The lowest BCUT2D eigenvalue weighted by Gasteiger charge is -1.79. The molecule has 9 heavy (non-hydrogen) atoms. The van der Waals surface area contributed by atoms with Gasteiger partial charge in [0.15, 0.2) is 0 Å². The predicted molar refractivity (Wildman–Crippen MR) is 46.3 cm³/mol. The largest absolute Gasteiger partial charge is 0.120 e. The fourth-order valence-electron chi connectivity index (χ4n) is 0.279. The lowest BCUT2D eigenvalue weighted by molar-refractivity contribution is 0.828. The van der Waals surface area contributed by atoms with Crippen molar-refractivity contribution in [1.29, 1.82) is 0 Å². The Bertz CT molecular complexity index is 56.9. The maximum absolute atomic E-state index is 4.96. The van der Waals surface area contributed by atoms with Crippen LogP contribution in [-0.4, -0.2) is 0 Å². The van der Waals surface area contributed by atoms with Crippen molar-refractivity contribution in [3.63, 3.8) is 0 Å². The Morgan fingerprint density at radius 3 is 2.00 bits per heavy atom. The second-order valence-electron chi connectivity index (χ2n) is 1.31. The molecule has 0 spiro atoms. The third-order valence-electron chi connectivity index (χ3n) is 0.675. The number of hydrogen-bond donors (Lipinski definition) is 0. The van der Waals surface area contributed by atoms with Crippen LogP contribution < -0.4 is 0 Å². The lowest BCUT2D eigenvalue weighted by atomic mass is 10.3. The Morgan fingerprint density at radius 2 is 1.89 bits per heavy atom. The average molecular weight is 126 g/mol. The molecule has 0 rings (SSSR count). The first-order valence-electron chi connectivity index (χ1n) is 2.85. The molecule has 0 aromatic carbocycles. The van der Waals surface area contributed by atoms with Gasteiger partial charge in [0.1, 0.15) is 0 Å². The highest BCUT2D eigenvalue weighted by Crippen LogP contribution is 1.88. The molecule has 0 heteroatoms. The highest BCUT2D eigenvalue weighted by atomic mass is 13.8. The summed E-state index contributed by atoms with van der Waals surface area (Å²) in [6.07, 6.45) is 8.30. The topological polar surface area (TPSA) is 0 Å². The van der Waals surface area contributed by atoms with Crippen LogP contribution in [0.2, 0.25) is 0 Å². The van der Waals surface area contributed by atoms with Gasteiger partial charge in [-0.3, -0.25) is 0 Å². The van der Waals surface area contributed by atoms with Gasteiger partial charge in [0, 0.05) is 6.42 Å². The predicted octanol–water partition coefficient (Wildman–Crippen LogP) is 3.25. The molecular formula is C9H18. The van der Waals surface area contributed by atoms with Crippen LogP contribution in [-0.2, 0) is 0 Å². The van der Waals surface area contributed by atoms with E-state index in [1.807, 2.05) is 0 Å². The first kappa shape index (κ1) is 15.7. The lowest BCUT2D eigenvalue weighted by Crippen LogP contribution is -1.62. The van der Waals surface area contributed by atoms with Gasteiger partial charge in [-0.15, -0.1) is 25.5 Å². The van der Waals surface area contributed by atoms with E-state index in [0.717, 1.165) is 6.42 Å². The quantitative estimate of drug-likeness (QED) is 0.303. The fraction of sp³-hybridized carbons (Fsp3) is 0.556. The van der Waals surface area contributed by atoms with Crippen molar-refractivity contribution >= 4 is 0 Å². The zero-order valence-electron chi connectivity index (χ0n) is 5.61. The van der Waals surface area contributed by atoms with E-state index in [-0.39, 0.29) is 7.43 Å². The first-order chi connectivity index (χ1) is 3.91. The average Bonchev–Trinajstić information content (AvgIpc) is 1.88. The minimum atomic E-state index is 0. The standard InChI is InChI=1S/C6H10.C2H4.CH4/c1-3-5-6-4-2;1-2;/h1H,4-6H2,2H3;1-2H2;1H4. The molecular weight excluding hydrogens is 108 g/mol. The third-order valence-corrected chi connectivity index (χ3v) is 0.675. The van der Waals surface area contributed by atoms with E-state index in [4.69, 9.17) is 6.42 Å². The molecule has 54 valence electrons. The third kappa shape index (κ3) is 38.8. The van der Waals surface area contributed by atoms with Gasteiger partial charge in [-0.2, -0.15) is 0 Å². The van der Waals surface area contributed by atoms with Crippen LogP contribution in [0.4, 0.5) is 0 Å². The van der Waals surface area contributed by atoms with Gasteiger partial charge in [0.05, 0.1) is 0 Å². The Balaban J connectivity index is -0.000000109. The normalized spacial score (nSPS) is 5.33. The Hall–Kier alpha value is -0.700. The SMILES string of the molecule is C.C#CCCCC.C=C. The van der Waals surface area contributed by atoms with Crippen molar-refractivity contribution in [3.8, 4) is 12.3 Å². The summed E-state index contributed by atoms with van der Waals surface area (Å²) in [6, 6.07) is 0. The van der Waals surface area contributed by atoms with Crippen LogP contribution in [0.1, 0.15) is 33.6 Å². The van der Waals surface area contributed by atoms with E-state index >= 15 is 0 Å². The molecule has 0 heterocycles. The van der Waals surface area contributed by atoms with Gasteiger partial charge in [-0.1, -0.05) is 20.8 Å². The van der Waals surface area contributed by atoms with E-state index in [1.54, 1.807) is 0 Å². The van der Waals surface area contributed by atoms with Gasteiger partial charge >= 0.3 is 0 Å². The van der Waals surface area contributed by atoms with E-state index in [2.05, 4.69) is 26.0 Å². The molecule has 0 radical (unpaired) electrons. The van der Waals surface area contributed by atoms with E-state index in [9.17, 15) is 0 Å². The molecule has 0 saturated carbocycles. The highest BCUT2D eigenvalue weighted by Gasteiger charge is 1.71. The van der Waals surface area contributed by atoms with E-state index < -0.39 is 0 Å². The van der Waals surface area contributed by atoms with Crippen LogP contribution in [0, 0.1) is 12.3 Å². The summed E-state index contributed by atoms with van der Waals surface area (Å²) >= 11 is 0. The monoisotopic (exact) mass is 126 g/mol. The summed E-state index contributed by atoms with van der Waals surface area (Å²) in [7, 11) is 0. The molecule has 0 fully saturated rings. The number of terminal acetylenes is 1. The summed E-state index contributed by atoms with van der Waals surface area (Å²) < 4.78 is 0. The summed E-state index contributed by atoms with van der Waals surface area (Å²) in [5, 5.41) is 0. The van der Waals surface area contributed by atoms with Gasteiger partial charge in [0.25, 0.3) is 0 Å². The van der Waals surface area contributed by atoms with E-state index in [0.29, 0.717) is 0 Å². The molecule has 0 aliphatic carbocycles. The molecule has 0 amide bonds. The zero-order chi connectivity index (χ0) is 6.83. The molecule has 0 unspecified atom stereocenters. The Kier molecular flexibility index (Phi) is 46.5. The number of hydrogen-bond acceptors (Lipinski definition) is 0. The van der Waals surface area contributed by atoms with Crippen LogP contribution in [0.5, 0.6) is 0 Å². The molecule has 0 aromatic heterocycles. The van der Waals surface area contributed by atoms with Gasteiger partial charge in [-0.05, 0) is 6.42 Å². The van der Waals surface area contributed by atoms with Crippen molar-refractivity contribution in [1.82, 2.24) is 0 Å². The zero-order valence-corrected chi connectivity index (χ0v) is 5.61. The maximum atomic E-state index is 4.96. The first-order valence-corrected chi connectivity index (χ1v) is 2.85. The minimum absolute atomic E-state index is 0.